The molecule has 9 heteroatoms. The lowest BCUT2D eigenvalue weighted by molar-refractivity contribution is 0.00682. The van der Waals surface area contributed by atoms with Gasteiger partial charge in [-0.25, -0.2) is 13.1 Å². The number of H-pyrrole nitrogens is 1. The number of aromatic nitrogens is 1. The van der Waals surface area contributed by atoms with Gasteiger partial charge in [0, 0.05) is 12.2 Å². The number of thiazole rings is 1. The minimum Gasteiger partial charge on any atom is -0.393 e. The summed E-state index contributed by atoms with van der Waals surface area (Å²) in [5.41, 5.74) is -1.29. The molecule has 17 heavy (non-hydrogen) atoms. The summed E-state index contributed by atoms with van der Waals surface area (Å²) < 4.78 is 25.6. The summed E-state index contributed by atoms with van der Waals surface area (Å²) in [6.45, 7) is 1.85. The summed E-state index contributed by atoms with van der Waals surface area (Å²) in [5.74, 6) is 0. The van der Waals surface area contributed by atoms with Gasteiger partial charge in [0.1, 0.15) is 0 Å². The first-order valence-corrected chi connectivity index (χ1v) is 7.00. The third-order valence-electron chi connectivity index (χ3n) is 2.01. The Hall–Kier alpha value is -0.740. The Morgan fingerprint density at radius 1 is 1.53 bits per heavy atom. The SMILES string of the molecule is Cc1[nH]c(=O)sc1S(=O)(=O)NCC(C)(O)CO. The quantitative estimate of drug-likeness (QED) is 0.539. The lowest BCUT2D eigenvalue weighted by atomic mass is 10.1. The number of aliphatic hydroxyl groups excluding tert-OH is 1. The molecule has 4 N–H and O–H groups in total. The molecule has 1 aromatic heterocycles. The Morgan fingerprint density at radius 2 is 2.12 bits per heavy atom. The van der Waals surface area contributed by atoms with Crippen molar-refractivity contribution in [3.63, 3.8) is 0 Å². The number of hydrogen-bond donors (Lipinski definition) is 4. The maximum Gasteiger partial charge on any atom is 0.305 e. The van der Waals surface area contributed by atoms with Crippen LogP contribution in [-0.4, -0.2) is 42.4 Å². The van der Waals surface area contributed by atoms with Crippen LogP contribution in [0.3, 0.4) is 0 Å². The standard InChI is InChI=1S/C8H14N2O5S2/c1-5-6(16-7(12)10-5)17(14,15)9-3-8(2,13)4-11/h9,11,13H,3-4H2,1-2H3,(H,10,12). The minimum atomic E-state index is -3.85. The van der Waals surface area contributed by atoms with Crippen LogP contribution in [-0.2, 0) is 10.0 Å². The molecular formula is C8H14N2O5S2. The Balaban J connectivity index is 2.91. The summed E-state index contributed by atoms with van der Waals surface area (Å²) in [4.78, 5) is 12.9. The Kier molecular flexibility index (Phi) is 4.10. The average Bonchev–Trinajstić information content (AvgIpc) is 2.56. The van der Waals surface area contributed by atoms with Gasteiger partial charge < -0.3 is 15.2 Å². The minimum absolute atomic E-state index is 0.115. The van der Waals surface area contributed by atoms with Crippen molar-refractivity contribution in [2.24, 2.45) is 0 Å². The molecule has 1 atom stereocenters. The molecule has 0 aliphatic rings. The summed E-state index contributed by atoms with van der Waals surface area (Å²) >= 11 is 0.574. The third-order valence-corrected chi connectivity index (χ3v) is 5.01. The molecule has 0 fully saturated rings. The van der Waals surface area contributed by atoms with E-state index in [2.05, 4.69) is 9.71 Å². The lowest BCUT2D eigenvalue weighted by Gasteiger charge is -2.20. The maximum atomic E-state index is 11.8. The number of sulfonamides is 1. The molecular weight excluding hydrogens is 268 g/mol. The van der Waals surface area contributed by atoms with E-state index in [0.29, 0.717) is 11.3 Å². The van der Waals surface area contributed by atoms with Crippen molar-refractivity contribution in [2.75, 3.05) is 13.2 Å². The van der Waals surface area contributed by atoms with Crippen LogP contribution in [0.15, 0.2) is 9.00 Å². The van der Waals surface area contributed by atoms with Gasteiger partial charge in [-0.2, -0.15) is 0 Å². The normalized spacial score (nSPS) is 15.8. The van der Waals surface area contributed by atoms with E-state index in [4.69, 9.17) is 5.11 Å². The van der Waals surface area contributed by atoms with E-state index in [1.807, 2.05) is 0 Å². The summed E-state index contributed by atoms with van der Waals surface area (Å²) in [7, 11) is -3.85. The zero-order chi connectivity index (χ0) is 13.3. The molecule has 0 amide bonds. The molecule has 1 heterocycles. The molecule has 1 aromatic rings. The Labute approximate surface area is 102 Å². The van der Waals surface area contributed by atoms with Crippen molar-refractivity contribution in [3.05, 3.63) is 15.4 Å². The van der Waals surface area contributed by atoms with E-state index in [-0.39, 0.29) is 16.4 Å². The van der Waals surface area contributed by atoms with Crippen molar-refractivity contribution in [3.8, 4) is 0 Å². The highest BCUT2D eigenvalue weighted by Gasteiger charge is 2.25. The summed E-state index contributed by atoms with van der Waals surface area (Å²) in [6.07, 6.45) is 0. The van der Waals surface area contributed by atoms with E-state index in [1.165, 1.54) is 13.8 Å². The van der Waals surface area contributed by atoms with E-state index in [1.54, 1.807) is 0 Å². The second-order valence-electron chi connectivity index (χ2n) is 3.91. The van der Waals surface area contributed by atoms with E-state index in [9.17, 15) is 18.3 Å². The van der Waals surface area contributed by atoms with Gasteiger partial charge in [0.2, 0.25) is 0 Å². The molecule has 1 unspecified atom stereocenters. The fourth-order valence-corrected chi connectivity index (χ4v) is 3.52. The van der Waals surface area contributed by atoms with Crippen LogP contribution in [0.1, 0.15) is 12.6 Å². The van der Waals surface area contributed by atoms with Crippen LogP contribution in [0.4, 0.5) is 0 Å². The van der Waals surface area contributed by atoms with Crippen molar-refractivity contribution in [2.45, 2.75) is 23.7 Å². The fourth-order valence-electron chi connectivity index (χ4n) is 1.02. The first-order valence-electron chi connectivity index (χ1n) is 4.70. The van der Waals surface area contributed by atoms with E-state index >= 15 is 0 Å². The van der Waals surface area contributed by atoms with Crippen LogP contribution < -0.4 is 9.60 Å². The van der Waals surface area contributed by atoms with E-state index < -0.39 is 27.1 Å². The largest absolute Gasteiger partial charge is 0.393 e. The van der Waals surface area contributed by atoms with Crippen molar-refractivity contribution in [1.82, 2.24) is 9.71 Å². The van der Waals surface area contributed by atoms with Crippen LogP contribution in [0.25, 0.3) is 0 Å². The zero-order valence-corrected chi connectivity index (χ0v) is 11.0. The van der Waals surface area contributed by atoms with Crippen molar-refractivity contribution in [1.29, 1.82) is 0 Å². The van der Waals surface area contributed by atoms with Gasteiger partial charge in [0.05, 0.1) is 12.2 Å². The first kappa shape index (κ1) is 14.3. The van der Waals surface area contributed by atoms with Gasteiger partial charge in [0.25, 0.3) is 10.0 Å². The molecule has 0 saturated carbocycles. The topological polar surface area (TPSA) is 119 Å². The average molecular weight is 282 g/mol. The highest BCUT2D eigenvalue weighted by Crippen LogP contribution is 2.15. The van der Waals surface area contributed by atoms with Gasteiger partial charge in [-0.3, -0.25) is 4.79 Å². The second-order valence-corrected chi connectivity index (χ2v) is 6.85. The van der Waals surface area contributed by atoms with Gasteiger partial charge in [-0.05, 0) is 13.8 Å². The Bertz CT molecular complexity index is 543. The van der Waals surface area contributed by atoms with Gasteiger partial charge in [-0.15, -0.1) is 0 Å². The highest BCUT2D eigenvalue weighted by atomic mass is 32.2. The predicted octanol–water partition coefficient (Wildman–Crippen LogP) is -1.23. The van der Waals surface area contributed by atoms with Crippen LogP contribution >= 0.6 is 11.3 Å². The van der Waals surface area contributed by atoms with Crippen molar-refractivity contribution < 1.29 is 18.6 Å². The molecule has 0 radical (unpaired) electrons. The predicted molar refractivity (Wildman–Crippen MR) is 62.6 cm³/mol. The molecule has 1 rings (SSSR count). The van der Waals surface area contributed by atoms with Gasteiger partial charge in [0.15, 0.2) is 4.21 Å². The number of hydrogen-bond acceptors (Lipinski definition) is 6. The number of aromatic amines is 1. The molecule has 0 spiro atoms. The van der Waals surface area contributed by atoms with Gasteiger partial charge in [-0.1, -0.05) is 11.3 Å². The summed E-state index contributed by atoms with van der Waals surface area (Å²) in [5, 5.41) is 18.2. The van der Waals surface area contributed by atoms with Crippen molar-refractivity contribution >= 4 is 21.4 Å². The zero-order valence-electron chi connectivity index (χ0n) is 9.35. The third kappa shape index (κ3) is 3.61. The van der Waals surface area contributed by atoms with Crippen LogP contribution in [0, 0.1) is 6.92 Å². The molecule has 0 bridgehead atoms. The van der Waals surface area contributed by atoms with Crippen LogP contribution in [0.2, 0.25) is 0 Å². The monoisotopic (exact) mass is 282 g/mol. The molecule has 0 saturated heterocycles. The first-order chi connectivity index (χ1) is 7.68. The van der Waals surface area contributed by atoms with Gasteiger partial charge >= 0.3 is 4.87 Å². The number of aliphatic hydroxyl groups is 2. The van der Waals surface area contributed by atoms with E-state index in [0.717, 1.165) is 0 Å². The fraction of sp³-hybridized carbons (Fsp3) is 0.625. The highest BCUT2D eigenvalue weighted by molar-refractivity contribution is 7.91. The summed E-state index contributed by atoms with van der Waals surface area (Å²) in [6, 6.07) is 0. The van der Waals surface area contributed by atoms with Crippen LogP contribution in [0.5, 0.6) is 0 Å². The molecule has 0 aromatic carbocycles. The number of nitrogens with one attached hydrogen (secondary N) is 2. The lowest BCUT2D eigenvalue weighted by Crippen LogP contribution is -2.43. The molecule has 7 nitrogen and oxygen atoms in total. The Morgan fingerprint density at radius 3 is 2.53 bits per heavy atom. The molecule has 98 valence electrons. The maximum absolute atomic E-state index is 11.8. The number of aryl methyl sites for hydroxylation is 1. The second kappa shape index (κ2) is 4.86. The number of rotatable bonds is 5. The molecule has 0 aliphatic carbocycles. The molecule has 0 aliphatic heterocycles. The smallest absolute Gasteiger partial charge is 0.305 e.